The van der Waals surface area contributed by atoms with Crippen LogP contribution in [0.5, 0.6) is 0 Å². The van der Waals surface area contributed by atoms with E-state index in [1.165, 1.54) is 36.7 Å². The molecule has 20 heavy (non-hydrogen) atoms. The van der Waals surface area contributed by atoms with Crippen molar-refractivity contribution in [3.63, 3.8) is 0 Å². The molecule has 0 aromatic carbocycles. The molecule has 0 amide bonds. The quantitative estimate of drug-likeness (QED) is 0.878. The zero-order valence-corrected chi connectivity index (χ0v) is 11.6. The van der Waals surface area contributed by atoms with Gasteiger partial charge in [-0.05, 0) is 55.3 Å². The van der Waals surface area contributed by atoms with E-state index in [9.17, 15) is 0 Å². The van der Waals surface area contributed by atoms with Crippen molar-refractivity contribution in [2.45, 2.75) is 50.2 Å². The maximum atomic E-state index is 4.40. The molecule has 2 aliphatic heterocycles. The molecule has 2 fully saturated rings. The highest BCUT2D eigenvalue weighted by Gasteiger charge is 2.35. The zero-order valence-electron chi connectivity index (χ0n) is 11.6. The standard InChI is InChI=1S/C13H19N7/c1-19-10-3-2-4-11(19)8-9(7-10)14-12-5-6-13-15-17-18-20(13)16-12/h5-6,9-11H,2-4,7-8H2,1H3,(H,14,16). The van der Waals surface area contributed by atoms with Gasteiger partial charge in [0, 0.05) is 18.1 Å². The third kappa shape index (κ3) is 2.02. The summed E-state index contributed by atoms with van der Waals surface area (Å²) in [5.74, 6) is 0.859. The van der Waals surface area contributed by atoms with Crippen LogP contribution in [0.1, 0.15) is 32.1 Å². The lowest BCUT2D eigenvalue weighted by Crippen LogP contribution is -2.52. The summed E-state index contributed by atoms with van der Waals surface area (Å²) in [4.78, 5) is 2.57. The molecule has 0 spiro atoms. The van der Waals surface area contributed by atoms with Crippen molar-refractivity contribution in [2.75, 3.05) is 12.4 Å². The molecule has 2 saturated heterocycles. The second-order valence-corrected chi connectivity index (χ2v) is 5.96. The third-order valence-corrected chi connectivity index (χ3v) is 4.76. The fraction of sp³-hybridized carbons (Fsp3) is 0.692. The van der Waals surface area contributed by atoms with E-state index in [1.807, 2.05) is 12.1 Å². The molecule has 2 aromatic rings. The number of fused-ring (bicyclic) bond motifs is 3. The van der Waals surface area contributed by atoms with Gasteiger partial charge in [0.15, 0.2) is 5.65 Å². The van der Waals surface area contributed by atoms with Gasteiger partial charge >= 0.3 is 0 Å². The molecule has 0 radical (unpaired) electrons. The highest BCUT2D eigenvalue weighted by molar-refractivity contribution is 5.42. The molecular weight excluding hydrogens is 254 g/mol. The van der Waals surface area contributed by atoms with Crippen molar-refractivity contribution in [1.29, 1.82) is 0 Å². The van der Waals surface area contributed by atoms with E-state index < -0.39 is 0 Å². The van der Waals surface area contributed by atoms with Crippen LogP contribution in [0.3, 0.4) is 0 Å². The third-order valence-electron chi connectivity index (χ3n) is 4.76. The number of aromatic nitrogens is 5. The number of hydrogen-bond donors (Lipinski definition) is 1. The molecule has 0 saturated carbocycles. The van der Waals surface area contributed by atoms with E-state index >= 15 is 0 Å². The fourth-order valence-electron chi connectivity index (χ4n) is 3.67. The van der Waals surface area contributed by atoms with Crippen molar-refractivity contribution < 1.29 is 0 Å². The van der Waals surface area contributed by atoms with E-state index in [-0.39, 0.29) is 0 Å². The number of hydrogen-bond acceptors (Lipinski definition) is 6. The lowest BCUT2D eigenvalue weighted by atomic mass is 9.82. The van der Waals surface area contributed by atoms with Crippen LogP contribution in [-0.2, 0) is 0 Å². The Bertz CT molecular complexity index is 596. The van der Waals surface area contributed by atoms with Crippen LogP contribution in [0, 0.1) is 0 Å². The molecule has 4 heterocycles. The summed E-state index contributed by atoms with van der Waals surface area (Å²) >= 11 is 0. The second kappa shape index (κ2) is 4.66. The summed E-state index contributed by atoms with van der Waals surface area (Å²) in [6.45, 7) is 0. The smallest absolute Gasteiger partial charge is 0.200 e. The summed E-state index contributed by atoms with van der Waals surface area (Å²) in [5.41, 5.74) is 0.677. The van der Waals surface area contributed by atoms with E-state index in [0.29, 0.717) is 11.7 Å². The average Bonchev–Trinajstić information content (AvgIpc) is 2.87. The Labute approximate surface area is 117 Å². The predicted octanol–water partition coefficient (Wildman–Crippen LogP) is 0.946. The largest absolute Gasteiger partial charge is 0.366 e. The summed E-state index contributed by atoms with van der Waals surface area (Å²) < 4.78 is 1.47. The molecule has 7 heteroatoms. The van der Waals surface area contributed by atoms with Gasteiger partial charge in [0.1, 0.15) is 5.82 Å². The molecule has 7 nitrogen and oxygen atoms in total. The van der Waals surface area contributed by atoms with Crippen LogP contribution in [0.25, 0.3) is 5.65 Å². The molecule has 2 aromatic heterocycles. The van der Waals surface area contributed by atoms with Crippen LogP contribution in [0.2, 0.25) is 0 Å². The minimum Gasteiger partial charge on any atom is -0.366 e. The first kappa shape index (κ1) is 12.0. The van der Waals surface area contributed by atoms with Gasteiger partial charge in [0.2, 0.25) is 0 Å². The first-order chi connectivity index (χ1) is 9.79. The van der Waals surface area contributed by atoms with Gasteiger partial charge in [-0.1, -0.05) is 6.42 Å². The Balaban J connectivity index is 1.51. The molecule has 0 aliphatic carbocycles. The minimum atomic E-state index is 0.503. The molecule has 106 valence electrons. The van der Waals surface area contributed by atoms with E-state index in [0.717, 1.165) is 17.9 Å². The van der Waals surface area contributed by atoms with Crippen LogP contribution < -0.4 is 5.32 Å². The predicted molar refractivity (Wildman–Crippen MR) is 74.4 cm³/mol. The average molecular weight is 273 g/mol. The van der Waals surface area contributed by atoms with Crippen LogP contribution >= 0.6 is 0 Å². The molecule has 1 N–H and O–H groups in total. The van der Waals surface area contributed by atoms with Gasteiger partial charge in [-0.2, -0.15) is 0 Å². The van der Waals surface area contributed by atoms with Gasteiger partial charge in [-0.25, -0.2) is 0 Å². The van der Waals surface area contributed by atoms with Crippen molar-refractivity contribution in [2.24, 2.45) is 0 Å². The molecular formula is C13H19N7. The van der Waals surface area contributed by atoms with Gasteiger partial charge < -0.3 is 10.2 Å². The lowest BCUT2D eigenvalue weighted by molar-refractivity contribution is 0.0607. The van der Waals surface area contributed by atoms with Gasteiger partial charge in [-0.15, -0.1) is 14.8 Å². The van der Waals surface area contributed by atoms with Crippen molar-refractivity contribution in [3.05, 3.63) is 12.1 Å². The Morgan fingerprint density at radius 1 is 1.20 bits per heavy atom. The number of tetrazole rings is 1. The number of piperidine rings is 2. The summed E-state index contributed by atoms with van der Waals surface area (Å²) in [7, 11) is 2.27. The SMILES string of the molecule is CN1C2CCCC1CC(Nc1ccc3nnnn3n1)C2. The first-order valence-electron chi connectivity index (χ1n) is 7.33. The molecule has 2 bridgehead atoms. The fourth-order valence-corrected chi connectivity index (χ4v) is 3.67. The number of rotatable bonds is 2. The van der Waals surface area contributed by atoms with Crippen LogP contribution in [-0.4, -0.2) is 55.3 Å². The van der Waals surface area contributed by atoms with Gasteiger partial charge in [0.25, 0.3) is 0 Å². The highest BCUT2D eigenvalue weighted by atomic mass is 15.6. The van der Waals surface area contributed by atoms with E-state index in [2.05, 4.69) is 37.9 Å². The summed E-state index contributed by atoms with van der Waals surface area (Å²) in [5, 5.41) is 19.3. The Morgan fingerprint density at radius 3 is 2.80 bits per heavy atom. The normalized spacial score (nSPS) is 30.6. The maximum Gasteiger partial charge on any atom is 0.200 e. The Hall–Kier alpha value is -1.76. The van der Waals surface area contributed by atoms with Gasteiger partial charge in [0.05, 0.1) is 0 Å². The van der Waals surface area contributed by atoms with Crippen LogP contribution in [0.15, 0.2) is 12.1 Å². The Kier molecular flexibility index (Phi) is 2.80. The summed E-state index contributed by atoms with van der Waals surface area (Å²) in [6.07, 6.45) is 6.42. The van der Waals surface area contributed by atoms with Crippen molar-refractivity contribution >= 4 is 11.5 Å². The van der Waals surface area contributed by atoms with Crippen molar-refractivity contribution in [3.8, 4) is 0 Å². The van der Waals surface area contributed by atoms with E-state index in [4.69, 9.17) is 0 Å². The number of nitrogens with one attached hydrogen (secondary N) is 1. The molecule has 2 aliphatic rings. The molecule has 4 rings (SSSR count). The van der Waals surface area contributed by atoms with E-state index in [1.54, 1.807) is 0 Å². The monoisotopic (exact) mass is 273 g/mol. The van der Waals surface area contributed by atoms with Crippen molar-refractivity contribution in [1.82, 2.24) is 30.2 Å². The minimum absolute atomic E-state index is 0.503. The first-order valence-corrected chi connectivity index (χ1v) is 7.33. The lowest BCUT2D eigenvalue weighted by Gasteiger charge is -2.47. The molecule has 2 atom stereocenters. The number of nitrogens with zero attached hydrogens (tertiary/aromatic N) is 6. The zero-order chi connectivity index (χ0) is 13.5. The maximum absolute atomic E-state index is 4.40. The van der Waals surface area contributed by atoms with Gasteiger partial charge in [-0.3, -0.25) is 0 Å². The van der Waals surface area contributed by atoms with Crippen LogP contribution in [0.4, 0.5) is 5.82 Å². The number of anilines is 1. The summed E-state index contributed by atoms with van der Waals surface area (Å²) in [6, 6.07) is 5.79. The Morgan fingerprint density at radius 2 is 2.00 bits per heavy atom. The second-order valence-electron chi connectivity index (χ2n) is 5.96. The highest BCUT2D eigenvalue weighted by Crippen LogP contribution is 2.33. The molecule has 2 unspecified atom stereocenters. The topological polar surface area (TPSA) is 71.2 Å².